The number of likely N-dealkylation sites (tertiary alicyclic amines) is 1. The lowest BCUT2D eigenvalue weighted by Crippen LogP contribution is -2.58. The van der Waals surface area contributed by atoms with Gasteiger partial charge in [0.15, 0.2) is 0 Å². The maximum Gasteiger partial charge on any atom is 0.0306 e. The van der Waals surface area contributed by atoms with Gasteiger partial charge in [0.05, 0.1) is 0 Å². The lowest BCUT2D eigenvalue weighted by molar-refractivity contribution is 0.0738. The van der Waals surface area contributed by atoms with Crippen molar-refractivity contribution in [1.82, 2.24) is 10.2 Å². The van der Waals surface area contributed by atoms with E-state index in [-0.39, 0.29) is 0 Å². The summed E-state index contributed by atoms with van der Waals surface area (Å²) in [5, 5.41) is 3.83. The summed E-state index contributed by atoms with van der Waals surface area (Å²) in [6.07, 6.45) is 12.9. The molecule has 118 valence electrons. The maximum absolute atomic E-state index is 3.83. The number of rotatable bonds is 6. The zero-order valence-electron chi connectivity index (χ0n) is 14.1. The molecule has 2 fully saturated rings. The standard InChI is InChI=1S/C18H36N2/c1-4-19-17(15-16-11-7-8-12-16)18(2,3)20-13-9-5-6-10-14-20/h16-17,19H,4-15H2,1-3H3. The van der Waals surface area contributed by atoms with Crippen molar-refractivity contribution in [2.75, 3.05) is 19.6 Å². The highest BCUT2D eigenvalue weighted by Gasteiger charge is 2.36. The molecule has 0 amide bonds. The molecule has 2 aliphatic rings. The highest BCUT2D eigenvalue weighted by molar-refractivity contribution is 4.95. The second kappa shape index (κ2) is 7.79. The van der Waals surface area contributed by atoms with Crippen molar-refractivity contribution in [3.8, 4) is 0 Å². The molecule has 1 N–H and O–H groups in total. The maximum atomic E-state index is 3.83. The predicted molar refractivity (Wildman–Crippen MR) is 88.2 cm³/mol. The van der Waals surface area contributed by atoms with Gasteiger partial charge in [0, 0.05) is 11.6 Å². The lowest BCUT2D eigenvalue weighted by Gasteiger charge is -2.45. The third-order valence-electron chi connectivity index (χ3n) is 5.77. The second-order valence-corrected chi connectivity index (χ2v) is 7.55. The quantitative estimate of drug-likeness (QED) is 0.784. The number of nitrogens with one attached hydrogen (secondary N) is 1. The minimum atomic E-state index is 0.308. The van der Waals surface area contributed by atoms with Crippen molar-refractivity contribution in [3.63, 3.8) is 0 Å². The van der Waals surface area contributed by atoms with Crippen LogP contribution in [-0.4, -0.2) is 36.1 Å². The van der Waals surface area contributed by atoms with E-state index in [1.165, 1.54) is 70.9 Å². The minimum absolute atomic E-state index is 0.308. The normalized spacial score (nSPS) is 24.8. The average Bonchev–Trinajstić information content (AvgIpc) is 2.77. The summed E-state index contributed by atoms with van der Waals surface area (Å²) in [4.78, 5) is 2.78. The van der Waals surface area contributed by atoms with Crippen molar-refractivity contribution in [3.05, 3.63) is 0 Å². The Morgan fingerprint density at radius 2 is 1.60 bits per heavy atom. The Morgan fingerprint density at radius 3 is 2.15 bits per heavy atom. The van der Waals surface area contributed by atoms with Gasteiger partial charge in [0.1, 0.15) is 0 Å². The molecule has 1 aliphatic carbocycles. The van der Waals surface area contributed by atoms with E-state index in [9.17, 15) is 0 Å². The third-order valence-corrected chi connectivity index (χ3v) is 5.77. The monoisotopic (exact) mass is 280 g/mol. The van der Waals surface area contributed by atoms with E-state index in [1.807, 2.05) is 0 Å². The highest BCUT2D eigenvalue weighted by Crippen LogP contribution is 2.33. The first kappa shape index (κ1) is 16.3. The molecule has 2 rings (SSSR count). The van der Waals surface area contributed by atoms with E-state index in [0.717, 1.165) is 12.5 Å². The zero-order chi connectivity index (χ0) is 14.4. The van der Waals surface area contributed by atoms with E-state index >= 15 is 0 Å². The van der Waals surface area contributed by atoms with Crippen molar-refractivity contribution in [2.45, 2.75) is 90.1 Å². The molecule has 1 saturated heterocycles. The van der Waals surface area contributed by atoms with Crippen LogP contribution in [0.25, 0.3) is 0 Å². The number of nitrogens with zero attached hydrogens (tertiary/aromatic N) is 1. The summed E-state index contributed by atoms with van der Waals surface area (Å²) in [5.41, 5.74) is 0.308. The van der Waals surface area contributed by atoms with E-state index in [2.05, 4.69) is 31.0 Å². The second-order valence-electron chi connectivity index (χ2n) is 7.55. The predicted octanol–water partition coefficient (Wildman–Crippen LogP) is 4.20. The van der Waals surface area contributed by atoms with Crippen LogP contribution in [0.4, 0.5) is 0 Å². The van der Waals surface area contributed by atoms with Crippen LogP contribution in [0, 0.1) is 5.92 Å². The molecular formula is C18H36N2. The number of hydrogen-bond acceptors (Lipinski definition) is 2. The van der Waals surface area contributed by atoms with Crippen molar-refractivity contribution in [2.24, 2.45) is 5.92 Å². The molecule has 1 unspecified atom stereocenters. The fourth-order valence-corrected chi connectivity index (χ4v) is 4.31. The van der Waals surface area contributed by atoms with Crippen LogP contribution < -0.4 is 5.32 Å². The molecule has 0 radical (unpaired) electrons. The lowest BCUT2D eigenvalue weighted by atomic mass is 9.84. The molecule has 0 spiro atoms. The Balaban J connectivity index is 1.99. The topological polar surface area (TPSA) is 15.3 Å². The molecule has 1 atom stereocenters. The van der Waals surface area contributed by atoms with Gasteiger partial charge in [0.2, 0.25) is 0 Å². The van der Waals surface area contributed by atoms with Gasteiger partial charge in [-0.1, -0.05) is 45.4 Å². The Morgan fingerprint density at radius 1 is 1.00 bits per heavy atom. The minimum Gasteiger partial charge on any atom is -0.312 e. The first-order chi connectivity index (χ1) is 9.64. The van der Waals surface area contributed by atoms with Gasteiger partial charge in [-0.15, -0.1) is 0 Å². The molecule has 1 saturated carbocycles. The van der Waals surface area contributed by atoms with Crippen LogP contribution in [0.3, 0.4) is 0 Å². The smallest absolute Gasteiger partial charge is 0.0306 e. The Hall–Kier alpha value is -0.0800. The molecule has 0 aromatic carbocycles. The van der Waals surface area contributed by atoms with Crippen molar-refractivity contribution in [1.29, 1.82) is 0 Å². The fraction of sp³-hybridized carbons (Fsp3) is 1.00. The summed E-state index contributed by atoms with van der Waals surface area (Å²) < 4.78 is 0. The molecular weight excluding hydrogens is 244 g/mol. The van der Waals surface area contributed by atoms with E-state index in [4.69, 9.17) is 0 Å². The summed E-state index contributed by atoms with van der Waals surface area (Å²) in [6.45, 7) is 11.0. The average molecular weight is 280 g/mol. The highest BCUT2D eigenvalue weighted by atomic mass is 15.2. The van der Waals surface area contributed by atoms with E-state index in [1.54, 1.807) is 0 Å². The van der Waals surface area contributed by atoms with Gasteiger partial charge in [-0.25, -0.2) is 0 Å². The molecule has 20 heavy (non-hydrogen) atoms. The Bertz CT molecular complexity index is 261. The molecule has 2 heteroatoms. The number of hydrogen-bond donors (Lipinski definition) is 1. The summed E-state index contributed by atoms with van der Waals surface area (Å²) in [6, 6.07) is 0.661. The van der Waals surface area contributed by atoms with Crippen LogP contribution in [0.1, 0.15) is 78.6 Å². The largest absolute Gasteiger partial charge is 0.312 e. The first-order valence-corrected chi connectivity index (χ1v) is 9.13. The van der Waals surface area contributed by atoms with Gasteiger partial charge in [0.25, 0.3) is 0 Å². The Labute approximate surface area is 126 Å². The molecule has 1 aliphatic heterocycles. The van der Waals surface area contributed by atoms with E-state index < -0.39 is 0 Å². The van der Waals surface area contributed by atoms with Gasteiger partial charge >= 0.3 is 0 Å². The molecule has 2 nitrogen and oxygen atoms in total. The third kappa shape index (κ3) is 4.21. The Kier molecular flexibility index (Phi) is 6.35. The van der Waals surface area contributed by atoms with Crippen molar-refractivity contribution < 1.29 is 0 Å². The van der Waals surface area contributed by atoms with Gasteiger partial charge < -0.3 is 5.32 Å². The SMILES string of the molecule is CCNC(CC1CCCC1)C(C)(C)N1CCCCCC1. The molecule has 0 aromatic rings. The van der Waals surface area contributed by atoms with Crippen molar-refractivity contribution >= 4 is 0 Å². The summed E-state index contributed by atoms with van der Waals surface area (Å²) in [5.74, 6) is 0.977. The molecule has 0 aromatic heterocycles. The number of likely N-dealkylation sites (N-methyl/N-ethyl adjacent to an activating group) is 1. The summed E-state index contributed by atoms with van der Waals surface area (Å²) >= 11 is 0. The van der Waals surface area contributed by atoms with Gasteiger partial charge in [-0.05, 0) is 58.7 Å². The molecule has 1 heterocycles. The molecule has 0 bridgehead atoms. The van der Waals surface area contributed by atoms with Gasteiger partial charge in [-0.3, -0.25) is 4.90 Å². The van der Waals surface area contributed by atoms with Crippen LogP contribution in [0.5, 0.6) is 0 Å². The summed E-state index contributed by atoms with van der Waals surface area (Å²) in [7, 11) is 0. The fourth-order valence-electron chi connectivity index (χ4n) is 4.31. The van der Waals surface area contributed by atoms with Crippen LogP contribution >= 0.6 is 0 Å². The van der Waals surface area contributed by atoms with Crippen LogP contribution in [0.2, 0.25) is 0 Å². The van der Waals surface area contributed by atoms with Gasteiger partial charge in [-0.2, -0.15) is 0 Å². The first-order valence-electron chi connectivity index (χ1n) is 9.13. The van der Waals surface area contributed by atoms with E-state index in [0.29, 0.717) is 11.6 Å². The van der Waals surface area contributed by atoms with Crippen LogP contribution in [0.15, 0.2) is 0 Å². The van der Waals surface area contributed by atoms with Crippen LogP contribution in [-0.2, 0) is 0 Å². The zero-order valence-corrected chi connectivity index (χ0v) is 14.1.